The lowest BCUT2D eigenvalue weighted by atomic mass is 9.96. The van der Waals surface area contributed by atoms with Gasteiger partial charge < -0.3 is 74.0 Å². The number of unbranched alkanes of at least 4 members (excludes halogenated alkanes) is 1. The molecule has 11 amide bonds. The first-order valence-corrected chi connectivity index (χ1v) is 34.2. The minimum atomic E-state index is -1.41. The van der Waals surface area contributed by atoms with Crippen molar-refractivity contribution in [2.24, 2.45) is 29.2 Å². The summed E-state index contributed by atoms with van der Waals surface area (Å²) in [7, 11) is 0.943. The van der Waals surface area contributed by atoms with E-state index >= 15 is 0 Å². The molecule has 8 atom stereocenters. The van der Waals surface area contributed by atoms with E-state index in [-0.39, 0.29) is 80.1 Å². The average Bonchev–Trinajstić information content (AvgIpc) is 1.27. The number of benzene rings is 4. The number of likely N-dealkylation sites (N-methyl/N-ethyl adjacent to an activating group) is 1. The number of carbonyl (C=O) groups is 11. The number of aliphatic hydroxyl groups is 1. The van der Waals surface area contributed by atoms with Crippen molar-refractivity contribution in [2.45, 2.75) is 176 Å². The number of nitrogens with two attached hydrogens (primary N) is 2. The number of amides is 11. The Bertz CT molecular complexity index is 3610. The van der Waals surface area contributed by atoms with Crippen LogP contribution in [0.4, 0.5) is 0 Å². The Morgan fingerprint density at radius 3 is 1.77 bits per heavy atom. The Labute approximate surface area is 574 Å². The minimum Gasteiger partial charge on any atom is -0.390 e. The first-order chi connectivity index (χ1) is 46.7. The van der Waals surface area contributed by atoms with Gasteiger partial charge in [-0.05, 0) is 117 Å². The van der Waals surface area contributed by atoms with Gasteiger partial charge in [-0.25, -0.2) is 4.98 Å². The summed E-state index contributed by atoms with van der Waals surface area (Å²) in [6, 6.07) is 26.5. The molecule has 2 heterocycles. The van der Waals surface area contributed by atoms with Crippen molar-refractivity contribution in [3.63, 3.8) is 0 Å². The predicted octanol–water partition coefficient (Wildman–Crippen LogP) is 3.49. The van der Waals surface area contributed by atoms with Gasteiger partial charge in [0.05, 0.1) is 42.3 Å². The maximum absolute atomic E-state index is 14.4. The summed E-state index contributed by atoms with van der Waals surface area (Å²) in [5.74, 6) is -8.18. The van der Waals surface area contributed by atoms with Crippen LogP contribution in [0, 0.1) is 17.8 Å². The third-order valence-electron chi connectivity index (χ3n) is 16.2. The van der Waals surface area contributed by atoms with Crippen LogP contribution in [-0.4, -0.2) is 158 Å². The maximum Gasteiger partial charge on any atom is 0.251 e. The van der Waals surface area contributed by atoms with E-state index in [1.807, 2.05) is 94.4 Å². The van der Waals surface area contributed by atoms with Gasteiger partial charge in [0, 0.05) is 73.8 Å². The summed E-state index contributed by atoms with van der Waals surface area (Å²) in [6.07, 6.45) is 3.10. The molecule has 4 aromatic carbocycles. The molecule has 0 saturated carbocycles. The highest BCUT2D eigenvalue weighted by atomic mass is 32.2. The molecular formula is C71H95N14O12S+. The lowest BCUT2D eigenvalue weighted by molar-refractivity contribution is -0.140. The van der Waals surface area contributed by atoms with E-state index in [2.05, 4.69) is 81.8 Å². The van der Waals surface area contributed by atoms with Crippen LogP contribution in [0.15, 0.2) is 143 Å². The average molecular weight is 1370 g/mol. The quantitative estimate of drug-likeness (QED) is 0.0194. The van der Waals surface area contributed by atoms with E-state index in [4.69, 9.17) is 11.5 Å². The molecule has 15 N–H and O–H groups in total. The second-order valence-corrected chi connectivity index (χ2v) is 27.7. The molecule has 27 heteroatoms. The third kappa shape index (κ3) is 24.3. The molecule has 0 unspecified atom stereocenters. The summed E-state index contributed by atoms with van der Waals surface area (Å²) >= 11 is 0. The molecule has 0 bridgehead atoms. The number of primary amides is 2. The third-order valence-corrected chi connectivity index (χ3v) is 18.4. The molecule has 26 nitrogen and oxygen atoms in total. The number of hydrogen-bond donors (Lipinski definition) is 13. The number of aliphatic hydroxyl groups excluding tert-OH is 1. The van der Waals surface area contributed by atoms with Crippen molar-refractivity contribution >= 4 is 86.8 Å². The van der Waals surface area contributed by atoms with Gasteiger partial charge in [-0.15, -0.1) is 0 Å². The summed E-state index contributed by atoms with van der Waals surface area (Å²) < 4.78 is 0. The molecule has 98 heavy (non-hydrogen) atoms. The van der Waals surface area contributed by atoms with Gasteiger partial charge in [-0.2, -0.15) is 0 Å². The van der Waals surface area contributed by atoms with Crippen LogP contribution in [0.5, 0.6) is 0 Å². The van der Waals surface area contributed by atoms with E-state index < -0.39 is 126 Å². The van der Waals surface area contributed by atoms with Crippen LogP contribution < -0.4 is 54.0 Å². The summed E-state index contributed by atoms with van der Waals surface area (Å²) in [5, 5.41) is 33.7. The number of imidazole rings is 1. The van der Waals surface area contributed by atoms with Crippen molar-refractivity contribution in [3.8, 4) is 0 Å². The van der Waals surface area contributed by atoms with Crippen molar-refractivity contribution in [1.82, 2.24) is 62.4 Å². The van der Waals surface area contributed by atoms with Crippen molar-refractivity contribution in [1.29, 1.82) is 0 Å². The van der Waals surface area contributed by atoms with Crippen molar-refractivity contribution in [2.75, 3.05) is 20.1 Å². The Balaban J connectivity index is 1.06. The van der Waals surface area contributed by atoms with Gasteiger partial charge in [0.15, 0.2) is 14.7 Å². The predicted molar refractivity (Wildman–Crippen MR) is 371 cm³/mol. The van der Waals surface area contributed by atoms with Crippen LogP contribution >= 0.6 is 0 Å². The second-order valence-electron chi connectivity index (χ2n) is 25.6. The number of aromatic amines is 2. The van der Waals surface area contributed by atoms with Gasteiger partial charge in [-0.1, -0.05) is 96.1 Å². The van der Waals surface area contributed by atoms with Crippen LogP contribution in [0.1, 0.15) is 121 Å². The number of aromatic nitrogens is 3. The fourth-order valence-electron chi connectivity index (χ4n) is 11.0. The first-order valence-electron chi connectivity index (χ1n) is 33.0. The number of rotatable bonds is 39. The van der Waals surface area contributed by atoms with Gasteiger partial charge >= 0.3 is 0 Å². The Hall–Kier alpha value is -9.89. The SMILES string of the molecule is CC(C)C[C@H](NC(=O)C[C@H](O)[C@H](CC(C)C)NC(=O)[C@H](Cc1cnc[nH]1)NC(=O)CN(C)C(=O)[C@@H](NC(=O)[C@H](C)NC(=O)[C@H](Cc1c[nH]c2ccccc12)NC(=O)[C@H](CCC(N)=O)NC(=O)CCCCNC(=O)c1ccc([S+](c2ccccc2)c2ccccc2)cc1)C(C)C)C(N)=O. The van der Waals surface area contributed by atoms with Crippen LogP contribution in [0.2, 0.25) is 0 Å². The first kappa shape index (κ1) is 77.1. The van der Waals surface area contributed by atoms with Gasteiger partial charge in [0.2, 0.25) is 59.1 Å². The van der Waals surface area contributed by atoms with Crippen LogP contribution in [-0.2, 0) is 71.7 Å². The monoisotopic (exact) mass is 1370 g/mol. The fourth-order valence-corrected chi connectivity index (χ4v) is 13.1. The number of H-pyrrole nitrogens is 2. The molecule has 0 fully saturated rings. The number of nitrogens with zero attached hydrogens (tertiary/aromatic N) is 2. The van der Waals surface area contributed by atoms with Gasteiger partial charge in [0.25, 0.3) is 5.91 Å². The Morgan fingerprint density at radius 1 is 0.582 bits per heavy atom. The molecular weight excluding hydrogens is 1270 g/mol. The second kappa shape index (κ2) is 38.2. The molecule has 0 aliphatic carbocycles. The molecule has 0 aliphatic rings. The number of para-hydroxylation sites is 1. The lowest BCUT2D eigenvalue weighted by Crippen LogP contribution is -2.59. The van der Waals surface area contributed by atoms with E-state index in [0.717, 1.165) is 30.5 Å². The molecule has 0 aliphatic heterocycles. The molecule has 526 valence electrons. The number of fused-ring (bicyclic) bond motifs is 1. The molecule has 0 spiro atoms. The molecule has 6 aromatic rings. The Kier molecular flexibility index (Phi) is 30.0. The normalized spacial score (nSPS) is 13.8. The minimum absolute atomic E-state index is 0.0273. The van der Waals surface area contributed by atoms with Crippen LogP contribution in [0.25, 0.3) is 10.9 Å². The smallest absolute Gasteiger partial charge is 0.251 e. The maximum atomic E-state index is 14.4. The van der Waals surface area contributed by atoms with E-state index in [1.165, 1.54) is 26.5 Å². The zero-order valence-electron chi connectivity index (χ0n) is 56.9. The molecule has 2 aromatic heterocycles. The Morgan fingerprint density at radius 2 is 1.16 bits per heavy atom. The molecule has 6 rings (SSSR count). The summed E-state index contributed by atoms with van der Waals surface area (Å²) in [5.41, 5.74) is 13.3. The standard InChI is InChI=1S/C71H94N14O12S/c1-42(2)33-55(59(86)37-62(89)80-56(65(73)91)34-43(3)4)82-70(96)58(36-48-39-74-41-77-48)81-63(90)40-85(8)71(97)64(44(5)6)84-66(92)45(7)78-69(95)57(35-47-38-76-53-24-16-15-23-52(47)53)83-68(94)54(30-31-60(72)87)79-61(88)25-17-18-32-75-67(93)46-26-28-51(29-27-46)98(49-19-11-9-12-20-49)50-21-13-10-14-22-50/h9-16,19-24,26-29,38-39,41-45,54-59,64,76,86H,17-18,25,30-37,40H2,1-8H3,(H12-,72,73,74,75,77,78,79,80,81,82,83,84,87,88,89,90,91,92,93,94,95,96)/p+1/t45-,54-,55-,56-,57-,58-,59-,64-/m0/s1. The highest BCUT2D eigenvalue weighted by Gasteiger charge is 2.36. The zero-order chi connectivity index (χ0) is 71.6. The fraction of sp³-hybridized carbons (Fsp3) is 0.437. The lowest BCUT2D eigenvalue weighted by Gasteiger charge is -2.30. The van der Waals surface area contributed by atoms with E-state index in [9.17, 15) is 57.8 Å². The summed E-state index contributed by atoms with van der Waals surface area (Å²) in [4.78, 5) is 163. The molecule has 0 radical (unpaired) electrons. The van der Waals surface area contributed by atoms with Crippen molar-refractivity contribution < 1.29 is 57.8 Å². The van der Waals surface area contributed by atoms with Crippen LogP contribution in [0.3, 0.4) is 0 Å². The largest absolute Gasteiger partial charge is 0.390 e. The topological polar surface area (TPSA) is 404 Å². The summed E-state index contributed by atoms with van der Waals surface area (Å²) in [6.45, 7) is 11.8. The number of carbonyl (C=O) groups excluding carboxylic acids is 11. The van der Waals surface area contributed by atoms with Gasteiger partial charge in [0.1, 0.15) is 36.3 Å². The number of nitrogens with one attached hydrogen (secondary N) is 10. The van der Waals surface area contributed by atoms with E-state index in [1.54, 1.807) is 38.2 Å². The zero-order valence-corrected chi connectivity index (χ0v) is 57.7. The highest BCUT2D eigenvalue weighted by molar-refractivity contribution is 7.97. The highest BCUT2D eigenvalue weighted by Crippen LogP contribution is 2.31. The number of hydrogen-bond acceptors (Lipinski definition) is 13. The van der Waals surface area contributed by atoms with Crippen molar-refractivity contribution in [3.05, 3.63) is 145 Å². The van der Waals surface area contributed by atoms with Gasteiger partial charge in [-0.3, -0.25) is 52.7 Å². The van der Waals surface area contributed by atoms with E-state index in [0.29, 0.717) is 29.7 Å². The molecule has 0 saturated heterocycles.